The zero-order valence-corrected chi connectivity index (χ0v) is 13.7. The third-order valence-corrected chi connectivity index (χ3v) is 5.48. The fourth-order valence-corrected chi connectivity index (χ4v) is 3.93. The van der Waals surface area contributed by atoms with E-state index in [1.54, 1.807) is 0 Å². The Hall–Kier alpha value is -1.41. The smallest absolute Gasteiger partial charge is 0.139 e. The lowest BCUT2D eigenvalue weighted by Crippen LogP contribution is -2.42. The molecule has 0 N–H and O–H groups in total. The van der Waals surface area contributed by atoms with E-state index >= 15 is 0 Å². The van der Waals surface area contributed by atoms with Crippen molar-refractivity contribution in [1.82, 2.24) is 0 Å². The number of benzene rings is 1. The Bertz CT molecular complexity index is 560. The zero-order chi connectivity index (χ0) is 15.6. The van der Waals surface area contributed by atoms with E-state index in [0.717, 1.165) is 25.7 Å². The van der Waals surface area contributed by atoms with Gasteiger partial charge >= 0.3 is 0 Å². The Morgan fingerprint density at radius 3 is 2.77 bits per heavy atom. The van der Waals surface area contributed by atoms with E-state index in [1.165, 1.54) is 11.1 Å². The molecule has 3 atom stereocenters. The number of ketones is 1. The van der Waals surface area contributed by atoms with Crippen molar-refractivity contribution in [2.24, 2.45) is 11.3 Å². The number of hydrogen-bond donors (Lipinski definition) is 0. The van der Waals surface area contributed by atoms with Crippen LogP contribution < -0.4 is 0 Å². The summed E-state index contributed by atoms with van der Waals surface area (Å²) in [6, 6.07) is 10.3. The first-order chi connectivity index (χ1) is 10.6. The summed E-state index contributed by atoms with van der Waals surface area (Å²) in [5.74, 6) is 0.673. The van der Waals surface area contributed by atoms with Gasteiger partial charge in [-0.05, 0) is 38.2 Å². The molecule has 0 amide bonds. The van der Waals surface area contributed by atoms with Gasteiger partial charge in [-0.25, -0.2) is 0 Å². The lowest BCUT2D eigenvalue weighted by molar-refractivity contribution is -0.132. The minimum absolute atomic E-state index is 0.159. The number of Topliss-reactive ketones (excluding diaryl/α,β-unsaturated/α-hetero) is 1. The normalized spacial score (nSPS) is 32.1. The summed E-state index contributed by atoms with van der Waals surface area (Å²) in [5.41, 5.74) is 2.39. The predicted octanol–water partition coefficient (Wildman–Crippen LogP) is 4.69. The van der Waals surface area contributed by atoms with Gasteiger partial charge in [0.05, 0.1) is 12.7 Å². The van der Waals surface area contributed by atoms with Gasteiger partial charge in [0, 0.05) is 17.8 Å². The average Bonchev–Trinajstić information content (AvgIpc) is 2.65. The summed E-state index contributed by atoms with van der Waals surface area (Å²) in [7, 11) is 0. The van der Waals surface area contributed by atoms with E-state index in [0.29, 0.717) is 18.8 Å². The molecule has 1 aromatic carbocycles. The molecule has 2 heteroatoms. The Kier molecular flexibility index (Phi) is 4.49. The summed E-state index contributed by atoms with van der Waals surface area (Å²) < 4.78 is 6.28. The fourth-order valence-electron chi connectivity index (χ4n) is 3.93. The number of hydrogen-bond acceptors (Lipinski definition) is 2. The van der Waals surface area contributed by atoms with Crippen LogP contribution in [0.3, 0.4) is 0 Å². The number of carbonyl (C=O) groups excluding carboxylic acids is 1. The molecular formula is C20H26O2. The van der Waals surface area contributed by atoms with E-state index < -0.39 is 0 Å². The third-order valence-electron chi connectivity index (χ3n) is 5.48. The number of carbonyl (C=O) groups is 1. The minimum atomic E-state index is -0.225. The Labute approximate surface area is 133 Å². The second kappa shape index (κ2) is 6.37. The van der Waals surface area contributed by atoms with Crippen LogP contribution in [0.15, 0.2) is 42.0 Å². The van der Waals surface area contributed by atoms with Gasteiger partial charge in [-0.3, -0.25) is 4.79 Å². The number of allylic oxidation sites excluding steroid dienone is 1. The molecule has 0 saturated heterocycles. The van der Waals surface area contributed by atoms with Crippen LogP contribution in [0.5, 0.6) is 0 Å². The van der Waals surface area contributed by atoms with Crippen molar-refractivity contribution in [1.29, 1.82) is 0 Å². The molecule has 0 heterocycles. The summed E-state index contributed by atoms with van der Waals surface area (Å²) in [6.45, 7) is 4.98. The van der Waals surface area contributed by atoms with Gasteiger partial charge in [-0.15, -0.1) is 0 Å². The molecule has 118 valence electrons. The highest BCUT2D eigenvalue weighted by Gasteiger charge is 2.46. The van der Waals surface area contributed by atoms with Crippen molar-refractivity contribution in [2.75, 3.05) is 0 Å². The summed E-state index contributed by atoms with van der Waals surface area (Å²) in [5, 5.41) is 0. The van der Waals surface area contributed by atoms with Gasteiger partial charge in [-0.1, -0.05) is 48.9 Å². The molecule has 2 aliphatic carbocycles. The highest BCUT2D eigenvalue weighted by molar-refractivity contribution is 5.85. The first-order valence-corrected chi connectivity index (χ1v) is 8.46. The van der Waals surface area contributed by atoms with E-state index in [9.17, 15) is 4.79 Å². The highest BCUT2D eigenvalue weighted by atomic mass is 16.5. The first-order valence-electron chi connectivity index (χ1n) is 8.46. The van der Waals surface area contributed by atoms with Gasteiger partial charge in [0.15, 0.2) is 0 Å². The quantitative estimate of drug-likeness (QED) is 0.757. The van der Waals surface area contributed by atoms with Crippen LogP contribution in [0.2, 0.25) is 0 Å². The third kappa shape index (κ3) is 3.03. The van der Waals surface area contributed by atoms with Gasteiger partial charge in [0.1, 0.15) is 5.78 Å². The highest BCUT2D eigenvalue weighted by Crippen LogP contribution is 2.47. The maximum atomic E-state index is 12.6. The van der Waals surface area contributed by atoms with Gasteiger partial charge in [-0.2, -0.15) is 0 Å². The predicted molar refractivity (Wildman–Crippen MR) is 88.5 cm³/mol. The first kappa shape index (κ1) is 15.5. The molecule has 1 unspecified atom stereocenters. The maximum Gasteiger partial charge on any atom is 0.139 e. The topological polar surface area (TPSA) is 26.3 Å². The summed E-state index contributed by atoms with van der Waals surface area (Å²) >= 11 is 0. The molecule has 0 aromatic heterocycles. The second-order valence-corrected chi connectivity index (χ2v) is 7.11. The summed E-state index contributed by atoms with van der Waals surface area (Å²) in [4.78, 5) is 12.6. The molecule has 2 nitrogen and oxygen atoms in total. The lowest BCUT2D eigenvalue weighted by atomic mass is 9.65. The molecule has 0 radical (unpaired) electrons. The number of ether oxygens (including phenoxy) is 1. The van der Waals surface area contributed by atoms with E-state index in [1.807, 2.05) is 18.2 Å². The zero-order valence-electron chi connectivity index (χ0n) is 13.7. The molecule has 2 aliphatic rings. The van der Waals surface area contributed by atoms with E-state index in [2.05, 4.69) is 32.1 Å². The van der Waals surface area contributed by atoms with Gasteiger partial charge in [0.2, 0.25) is 0 Å². The Balaban J connectivity index is 1.80. The molecule has 1 aromatic rings. The second-order valence-electron chi connectivity index (χ2n) is 7.11. The fraction of sp³-hybridized carbons (Fsp3) is 0.550. The van der Waals surface area contributed by atoms with Crippen molar-refractivity contribution in [2.45, 2.75) is 58.7 Å². The molecule has 0 bridgehead atoms. The SMILES string of the molecule is CC1=CC2[C@@H](OCc3ccccc3)CCCC(=O)[C@@]2(C)CC1. The molecule has 1 fully saturated rings. The molecule has 22 heavy (non-hydrogen) atoms. The Morgan fingerprint density at radius 1 is 1.23 bits per heavy atom. The summed E-state index contributed by atoms with van der Waals surface area (Å²) in [6.07, 6.45) is 7.16. The molecular weight excluding hydrogens is 272 g/mol. The minimum Gasteiger partial charge on any atom is -0.373 e. The van der Waals surface area contributed by atoms with Crippen molar-refractivity contribution in [3.63, 3.8) is 0 Å². The van der Waals surface area contributed by atoms with Crippen LogP contribution in [0.1, 0.15) is 51.5 Å². The van der Waals surface area contributed by atoms with Crippen molar-refractivity contribution in [3.05, 3.63) is 47.5 Å². The van der Waals surface area contributed by atoms with E-state index in [4.69, 9.17) is 4.74 Å². The van der Waals surface area contributed by atoms with Gasteiger partial charge < -0.3 is 4.74 Å². The largest absolute Gasteiger partial charge is 0.373 e. The molecule has 1 saturated carbocycles. The van der Waals surface area contributed by atoms with Crippen LogP contribution in [-0.4, -0.2) is 11.9 Å². The van der Waals surface area contributed by atoms with Crippen LogP contribution >= 0.6 is 0 Å². The maximum absolute atomic E-state index is 12.6. The Morgan fingerprint density at radius 2 is 2.00 bits per heavy atom. The van der Waals surface area contributed by atoms with E-state index in [-0.39, 0.29) is 17.4 Å². The van der Waals surface area contributed by atoms with Crippen LogP contribution in [0.25, 0.3) is 0 Å². The molecule has 0 spiro atoms. The van der Waals surface area contributed by atoms with Crippen LogP contribution in [0.4, 0.5) is 0 Å². The standard InChI is InChI=1S/C20H26O2/c1-15-11-12-20(2)17(13-15)18(9-6-10-19(20)21)22-14-16-7-4-3-5-8-16/h3-5,7-8,13,17-18H,6,9-12,14H2,1-2H3/t17?,18-,20-/m0/s1. The average molecular weight is 298 g/mol. The van der Waals surface area contributed by atoms with Crippen molar-refractivity contribution < 1.29 is 9.53 Å². The molecule has 3 rings (SSSR count). The van der Waals surface area contributed by atoms with Crippen molar-refractivity contribution in [3.8, 4) is 0 Å². The number of fused-ring (bicyclic) bond motifs is 1. The lowest BCUT2D eigenvalue weighted by Gasteiger charge is -2.40. The van der Waals surface area contributed by atoms with Crippen molar-refractivity contribution >= 4 is 5.78 Å². The monoisotopic (exact) mass is 298 g/mol. The van der Waals surface area contributed by atoms with Crippen LogP contribution in [0, 0.1) is 11.3 Å². The number of rotatable bonds is 3. The van der Waals surface area contributed by atoms with Gasteiger partial charge in [0.25, 0.3) is 0 Å². The molecule has 0 aliphatic heterocycles. The van der Waals surface area contributed by atoms with Crippen LogP contribution in [-0.2, 0) is 16.1 Å².